The van der Waals surface area contributed by atoms with Crippen molar-refractivity contribution in [2.45, 2.75) is 30.1 Å². The third-order valence-corrected chi connectivity index (χ3v) is 6.68. The zero-order chi connectivity index (χ0) is 19.4. The van der Waals surface area contributed by atoms with Crippen molar-refractivity contribution >= 4 is 52.3 Å². The fourth-order valence-corrected chi connectivity index (χ4v) is 4.96. The number of aromatic nitrogens is 1. The van der Waals surface area contributed by atoms with Crippen LogP contribution in [0.1, 0.15) is 28.9 Å². The Balaban J connectivity index is 1.52. The SMILES string of the molecule is Cc1ccc(Cl)cc1NCC1CCC(=O)N1CCSc1nc(C(=O)O)cs1. The van der Waals surface area contributed by atoms with Gasteiger partial charge >= 0.3 is 5.97 Å². The van der Waals surface area contributed by atoms with E-state index in [4.69, 9.17) is 16.7 Å². The highest BCUT2D eigenvalue weighted by Gasteiger charge is 2.30. The van der Waals surface area contributed by atoms with Gasteiger partial charge in [-0.3, -0.25) is 4.79 Å². The predicted octanol–water partition coefficient (Wildman–Crippen LogP) is 4.00. The Hall–Kier alpha value is -1.77. The van der Waals surface area contributed by atoms with Crippen LogP contribution in [0, 0.1) is 6.92 Å². The summed E-state index contributed by atoms with van der Waals surface area (Å²) in [5.74, 6) is -0.170. The predicted molar refractivity (Wildman–Crippen MR) is 109 cm³/mol. The highest BCUT2D eigenvalue weighted by molar-refractivity contribution is 8.01. The van der Waals surface area contributed by atoms with E-state index < -0.39 is 5.97 Å². The van der Waals surface area contributed by atoms with Crippen LogP contribution in [0.2, 0.25) is 5.02 Å². The molecule has 0 radical (unpaired) electrons. The first-order chi connectivity index (χ1) is 12.9. The van der Waals surface area contributed by atoms with Crippen LogP contribution >= 0.6 is 34.7 Å². The van der Waals surface area contributed by atoms with Crippen LogP contribution in [0.3, 0.4) is 0 Å². The van der Waals surface area contributed by atoms with E-state index >= 15 is 0 Å². The molecule has 1 aliphatic heterocycles. The Morgan fingerprint density at radius 2 is 2.33 bits per heavy atom. The first-order valence-electron chi connectivity index (χ1n) is 8.55. The number of hydrogen-bond donors (Lipinski definition) is 2. The standard InChI is InChI=1S/C18H20ClN3O3S2/c1-11-2-3-12(19)8-14(11)20-9-13-4-5-16(23)22(13)6-7-26-18-21-15(10-27-18)17(24)25/h2-3,8,10,13,20H,4-7,9H2,1H3,(H,24,25). The summed E-state index contributed by atoms with van der Waals surface area (Å²) in [7, 11) is 0. The average Bonchev–Trinajstić information content (AvgIpc) is 3.24. The minimum absolute atomic E-state index is 0.0683. The number of amides is 1. The zero-order valence-corrected chi connectivity index (χ0v) is 17.2. The summed E-state index contributed by atoms with van der Waals surface area (Å²) in [5, 5.41) is 14.5. The fourth-order valence-electron chi connectivity index (χ4n) is 2.98. The number of anilines is 1. The van der Waals surface area contributed by atoms with Gasteiger partial charge in [-0.05, 0) is 31.0 Å². The topological polar surface area (TPSA) is 82.5 Å². The van der Waals surface area contributed by atoms with E-state index in [-0.39, 0.29) is 17.6 Å². The molecule has 2 heterocycles. The van der Waals surface area contributed by atoms with Gasteiger partial charge in [0.15, 0.2) is 10.0 Å². The molecule has 1 unspecified atom stereocenters. The molecule has 1 aromatic heterocycles. The van der Waals surface area contributed by atoms with E-state index in [0.717, 1.165) is 17.7 Å². The molecule has 0 saturated carbocycles. The van der Waals surface area contributed by atoms with Gasteiger partial charge in [0, 0.05) is 47.4 Å². The van der Waals surface area contributed by atoms with Crippen molar-refractivity contribution < 1.29 is 14.7 Å². The number of nitrogens with one attached hydrogen (secondary N) is 1. The summed E-state index contributed by atoms with van der Waals surface area (Å²) >= 11 is 8.86. The Morgan fingerprint density at radius 1 is 1.52 bits per heavy atom. The van der Waals surface area contributed by atoms with E-state index in [1.807, 2.05) is 30.0 Å². The number of aromatic carboxylic acids is 1. The molecule has 3 rings (SSSR count). The van der Waals surface area contributed by atoms with E-state index in [1.165, 1.54) is 28.5 Å². The first-order valence-corrected chi connectivity index (χ1v) is 10.8. The van der Waals surface area contributed by atoms with Crippen LogP contribution in [0.15, 0.2) is 27.9 Å². The second-order valence-corrected chi connectivity index (χ2v) is 8.91. The number of carbonyl (C=O) groups is 2. The fraction of sp³-hybridized carbons (Fsp3) is 0.389. The summed E-state index contributed by atoms with van der Waals surface area (Å²) < 4.78 is 0.711. The number of aryl methyl sites for hydroxylation is 1. The summed E-state index contributed by atoms with van der Waals surface area (Å²) in [6.07, 6.45) is 1.39. The summed E-state index contributed by atoms with van der Waals surface area (Å²) in [6.45, 7) is 3.32. The van der Waals surface area contributed by atoms with Crippen molar-refractivity contribution in [2.24, 2.45) is 0 Å². The first kappa shape index (κ1) is 20.0. The maximum absolute atomic E-state index is 12.2. The van der Waals surface area contributed by atoms with Gasteiger partial charge in [0.25, 0.3) is 0 Å². The number of thioether (sulfide) groups is 1. The summed E-state index contributed by atoms with van der Waals surface area (Å²) in [5.41, 5.74) is 2.17. The molecule has 1 saturated heterocycles. The number of hydrogen-bond acceptors (Lipinski definition) is 6. The van der Waals surface area contributed by atoms with E-state index in [9.17, 15) is 9.59 Å². The van der Waals surface area contributed by atoms with Gasteiger partial charge in [-0.1, -0.05) is 29.4 Å². The molecule has 1 aliphatic rings. The molecule has 0 aliphatic carbocycles. The van der Waals surface area contributed by atoms with Crippen molar-refractivity contribution in [3.05, 3.63) is 39.9 Å². The highest BCUT2D eigenvalue weighted by atomic mass is 35.5. The molecular formula is C18H20ClN3O3S2. The Labute approximate surface area is 170 Å². The van der Waals surface area contributed by atoms with Crippen molar-refractivity contribution in [2.75, 3.05) is 24.2 Å². The normalized spacial score (nSPS) is 16.7. The molecule has 1 fully saturated rings. The van der Waals surface area contributed by atoms with Crippen LogP contribution in [0.5, 0.6) is 0 Å². The minimum atomic E-state index is -1.02. The monoisotopic (exact) mass is 425 g/mol. The summed E-state index contributed by atoms with van der Waals surface area (Å²) in [4.78, 5) is 29.1. The molecule has 2 N–H and O–H groups in total. The van der Waals surface area contributed by atoms with Crippen molar-refractivity contribution in [3.63, 3.8) is 0 Å². The lowest BCUT2D eigenvalue weighted by Crippen LogP contribution is -2.39. The van der Waals surface area contributed by atoms with Gasteiger partial charge in [0.05, 0.1) is 0 Å². The maximum atomic E-state index is 12.2. The van der Waals surface area contributed by atoms with Crippen LogP contribution in [-0.4, -0.2) is 51.8 Å². The molecule has 6 nitrogen and oxygen atoms in total. The van der Waals surface area contributed by atoms with Gasteiger partial charge in [-0.15, -0.1) is 11.3 Å². The van der Waals surface area contributed by atoms with E-state index in [2.05, 4.69) is 10.3 Å². The van der Waals surface area contributed by atoms with Crippen molar-refractivity contribution in [3.8, 4) is 0 Å². The van der Waals surface area contributed by atoms with Crippen LogP contribution in [0.25, 0.3) is 0 Å². The number of carboxylic acids is 1. The van der Waals surface area contributed by atoms with Crippen LogP contribution in [-0.2, 0) is 4.79 Å². The Morgan fingerprint density at radius 3 is 3.07 bits per heavy atom. The van der Waals surface area contributed by atoms with Crippen molar-refractivity contribution in [1.29, 1.82) is 0 Å². The molecule has 2 aromatic rings. The van der Waals surface area contributed by atoms with Crippen LogP contribution < -0.4 is 5.32 Å². The number of benzene rings is 1. The molecule has 144 valence electrons. The molecule has 0 bridgehead atoms. The smallest absolute Gasteiger partial charge is 0.355 e. The van der Waals surface area contributed by atoms with Crippen LogP contribution in [0.4, 0.5) is 5.69 Å². The van der Waals surface area contributed by atoms with Gasteiger partial charge in [0.2, 0.25) is 5.91 Å². The third-order valence-electron chi connectivity index (χ3n) is 4.44. The lowest BCUT2D eigenvalue weighted by Gasteiger charge is -2.25. The zero-order valence-electron chi connectivity index (χ0n) is 14.8. The molecule has 1 atom stereocenters. The van der Waals surface area contributed by atoms with Crippen molar-refractivity contribution in [1.82, 2.24) is 9.88 Å². The number of halogens is 1. The molecule has 9 heteroatoms. The number of rotatable bonds is 8. The largest absolute Gasteiger partial charge is 0.476 e. The second-order valence-electron chi connectivity index (χ2n) is 6.27. The molecular weight excluding hydrogens is 406 g/mol. The third kappa shape index (κ3) is 5.15. The summed E-state index contributed by atoms with van der Waals surface area (Å²) in [6, 6.07) is 5.87. The number of nitrogens with zero attached hydrogens (tertiary/aromatic N) is 2. The average molecular weight is 426 g/mol. The Bertz CT molecular complexity index is 843. The lowest BCUT2D eigenvalue weighted by molar-refractivity contribution is -0.128. The maximum Gasteiger partial charge on any atom is 0.355 e. The molecule has 27 heavy (non-hydrogen) atoms. The number of carbonyl (C=O) groups excluding carboxylic acids is 1. The quantitative estimate of drug-likeness (QED) is 0.622. The second kappa shape index (κ2) is 8.95. The number of likely N-dealkylation sites (tertiary alicyclic amines) is 1. The highest BCUT2D eigenvalue weighted by Crippen LogP contribution is 2.26. The Kier molecular flexibility index (Phi) is 6.62. The van der Waals surface area contributed by atoms with Gasteiger partial charge in [-0.25, -0.2) is 9.78 Å². The molecule has 1 amide bonds. The van der Waals surface area contributed by atoms with E-state index in [0.29, 0.717) is 34.6 Å². The number of thiazole rings is 1. The molecule has 0 spiro atoms. The van der Waals surface area contributed by atoms with E-state index in [1.54, 1.807) is 0 Å². The minimum Gasteiger partial charge on any atom is -0.476 e. The van der Waals surface area contributed by atoms with Gasteiger partial charge in [-0.2, -0.15) is 0 Å². The number of carboxylic acid groups (broad SMARTS) is 1. The van der Waals surface area contributed by atoms with Gasteiger partial charge < -0.3 is 15.3 Å². The van der Waals surface area contributed by atoms with Gasteiger partial charge in [0.1, 0.15) is 0 Å². The lowest BCUT2D eigenvalue weighted by atomic mass is 10.1. The molecule has 1 aromatic carbocycles.